The Morgan fingerprint density at radius 3 is 1.91 bits per heavy atom. The van der Waals surface area contributed by atoms with Crippen molar-refractivity contribution in [2.75, 3.05) is 0 Å². The number of rotatable bonds is 6. The largest absolute Gasteiger partial charge is 0.455 e. The number of allylic oxidation sites excluding steroid dienone is 1. The van der Waals surface area contributed by atoms with Crippen LogP contribution in [0.3, 0.4) is 0 Å². The van der Waals surface area contributed by atoms with E-state index in [1.165, 1.54) is 20.3 Å². The van der Waals surface area contributed by atoms with Crippen molar-refractivity contribution < 1.29 is 9.53 Å². The lowest BCUT2D eigenvalue weighted by molar-refractivity contribution is -0.0228. The van der Waals surface area contributed by atoms with Crippen LogP contribution in [0.2, 0.25) is 0 Å². The van der Waals surface area contributed by atoms with Gasteiger partial charge >= 0.3 is 5.97 Å². The van der Waals surface area contributed by atoms with Crippen molar-refractivity contribution in [3.05, 3.63) is 102 Å². The molecule has 0 spiro atoms. The van der Waals surface area contributed by atoms with E-state index in [1.54, 1.807) is 0 Å². The van der Waals surface area contributed by atoms with Gasteiger partial charge in [0.2, 0.25) is 0 Å². The fourth-order valence-electron chi connectivity index (χ4n) is 4.28. The maximum Gasteiger partial charge on any atom is 0.338 e. The standard InChI is InChI=1S/C29H31O2S/c1-22-11-10-12-24(21-22)29(2,3)31-28(30)23-17-19-27(20-18-23)32(25-13-6-4-7-14-25)26-15-8-5-9-16-26/h4-9,13-21,24H,10-12H2,1-3H3/q+1. The zero-order valence-electron chi connectivity index (χ0n) is 19.1. The summed E-state index contributed by atoms with van der Waals surface area (Å²) in [4.78, 5) is 16.7. The maximum atomic E-state index is 13.0. The third-order valence-electron chi connectivity index (χ3n) is 6.10. The van der Waals surface area contributed by atoms with Crippen molar-refractivity contribution in [2.24, 2.45) is 5.92 Å². The van der Waals surface area contributed by atoms with E-state index in [2.05, 4.69) is 73.7 Å². The molecule has 3 heteroatoms. The number of ether oxygens (including phenoxy) is 1. The third kappa shape index (κ3) is 5.16. The van der Waals surface area contributed by atoms with E-state index in [-0.39, 0.29) is 22.8 Å². The summed E-state index contributed by atoms with van der Waals surface area (Å²) in [6.07, 6.45) is 5.65. The highest BCUT2D eigenvalue weighted by molar-refractivity contribution is 7.97. The molecule has 3 aromatic rings. The molecule has 1 atom stereocenters. The summed E-state index contributed by atoms with van der Waals surface area (Å²) in [6.45, 7) is 6.22. The van der Waals surface area contributed by atoms with Gasteiger partial charge in [-0.2, -0.15) is 0 Å². The average molecular weight is 444 g/mol. The minimum absolute atomic E-state index is 0.223. The van der Waals surface area contributed by atoms with E-state index in [4.69, 9.17) is 4.74 Å². The van der Waals surface area contributed by atoms with Gasteiger partial charge in [-0.15, -0.1) is 0 Å². The van der Waals surface area contributed by atoms with Crippen LogP contribution in [0, 0.1) is 5.92 Å². The lowest BCUT2D eigenvalue weighted by atomic mass is 9.81. The first-order chi connectivity index (χ1) is 15.4. The Morgan fingerprint density at radius 1 is 0.844 bits per heavy atom. The molecule has 4 rings (SSSR count). The van der Waals surface area contributed by atoms with Crippen molar-refractivity contribution in [1.82, 2.24) is 0 Å². The highest BCUT2D eigenvalue weighted by Crippen LogP contribution is 2.34. The molecule has 0 aromatic heterocycles. The third-order valence-corrected chi connectivity index (χ3v) is 8.33. The second-order valence-electron chi connectivity index (χ2n) is 8.96. The van der Waals surface area contributed by atoms with Crippen LogP contribution in [0.25, 0.3) is 0 Å². The van der Waals surface area contributed by atoms with Gasteiger partial charge in [0.25, 0.3) is 0 Å². The molecule has 0 saturated carbocycles. The van der Waals surface area contributed by atoms with Crippen LogP contribution in [0.1, 0.15) is 50.4 Å². The summed E-state index contributed by atoms with van der Waals surface area (Å²) >= 11 is 0. The zero-order chi connectivity index (χ0) is 22.6. The fraction of sp³-hybridized carbons (Fsp3) is 0.276. The minimum atomic E-state index is -0.518. The lowest BCUT2D eigenvalue weighted by Crippen LogP contribution is -2.37. The number of carbonyl (C=O) groups is 1. The summed E-state index contributed by atoms with van der Waals surface area (Å²) in [6, 6.07) is 29.0. The molecule has 0 bridgehead atoms. The first-order valence-electron chi connectivity index (χ1n) is 11.3. The number of hydrogen-bond donors (Lipinski definition) is 0. The predicted octanol–water partition coefficient (Wildman–Crippen LogP) is 7.46. The van der Waals surface area contributed by atoms with E-state index in [9.17, 15) is 4.79 Å². The van der Waals surface area contributed by atoms with Gasteiger partial charge in [-0.1, -0.05) is 48.0 Å². The van der Waals surface area contributed by atoms with Gasteiger partial charge in [-0.05, 0) is 88.6 Å². The van der Waals surface area contributed by atoms with Crippen LogP contribution >= 0.6 is 0 Å². The number of benzene rings is 3. The number of esters is 1. The zero-order valence-corrected chi connectivity index (χ0v) is 19.9. The smallest absolute Gasteiger partial charge is 0.338 e. The average Bonchev–Trinajstić information content (AvgIpc) is 2.81. The molecule has 0 heterocycles. The van der Waals surface area contributed by atoms with Crippen LogP contribution in [0.15, 0.2) is 111 Å². The summed E-state index contributed by atoms with van der Waals surface area (Å²) in [5.74, 6) is 0.0129. The lowest BCUT2D eigenvalue weighted by Gasteiger charge is -2.34. The van der Waals surface area contributed by atoms with Gasteiger partial charge in [0, 0.05) is 5.92 Å². The van der Waals surface area contributed by atoms with Crippen LogP contribution in [-0.4, -0.2) is 11.6 Å². The molecule has 0 amide bonds. The van der Waals surface area contributed by atoms with Crippen LogP contribution in [0.4, 0.5) is 0 Å². The van der Waals surface area contributed by atoms with E-state index in [0.717, 1.165) is 19.3 Å². The molecule has 1 unspecified atom stereocenters. The van der Waals surface area contributed by atoms with E-state index >= 15 is 0 Å². The van der Waals surface area contributed by atoms with E-state index in [1.807, 2.05) is 38.1 Å². The summed E-state index contributed by atoms with van der Waals surface area (Å²) in [7, 11) is -0.223. The predicted molar refractivity (Wildman–Crippen MR) is 132 cm³/mol. The van der Waals surface area contributed by atoms with Crippen LogP contribution in [-0.2, 0) is 15.6 Å². The Labute approximate surface area is 194 Å². The van der Waals surface area contributed by atoms with Crippen LogP contribution < -0.4 is 0 Å². The molecule has 0 saturated heterocycles. The van der Waals surface area contributed by atoms with Gasteiger partial charge in [0.15, 0.2) is 14.7 Å². The van der Waals surface area contributed by atoms with E-state index in [0.29, 0.717) is 5.56 Å². The molecule has 1 aliphatic carbocycles. The molecule has 0 N–H and O–H groups in total. The van der Waals surface area contributed by atoms with Gasteiger partial charge in [-0.3, -0.25) is 0 Å². The van der Waals surface area contributed by atoms with Gasteiger partial charge in [-0.25, -0.2) is 4.79 Å². The quantitative estimate of drug-likeness (QED) is 0.224. The monoisotopic (exact) mass is 443 g/mol. The van der Waals surface area contributed by atoms with Crippen molar-refractivity contribution in [3.8, 4) is 0 Å². The molecule has 3 aromatic carbocycles. The highest BCUT2D eigenvalue weighted by atomic mass is 32.2. The van der Waals surface area contributed by atoms with Gasteiger partial charge in [0.1, 0.15) is 5.60 Å². The molecular formula is C29H31O2S+. The Morgan fingerprint density at radius 2 is 1.38 bits per heavy atom. The van der Waals surface area contributed by atoms with Gasteiger partial charge in [0.05, 0.1) is 16.5 Å². The summed E-state index contributed by atoms with van der Waals surface area (Å²) < 4.78 is 6.00. The molecule has 0 radical (unpaired) electrons. The molecule has 32 heavy (non-hydrogen) atoms. The summed E-state index contributed by atoms with van der Waals surface area (Å²) in [5, 5.41) is 0. The van der Waals surface area contributed by atoms with Gasteiger partial charge < -0.3 is 4.74 Å². The SMILES string of the molecule is CC1=CC(C(C)(C)OC(=O)c2ccc([S+](c3ccccc3)c3ccccc3)cc2)CCC1. The first-order valence-corrected chi connectivity index (χ1v) is 12.5. The molecule has 0 fully saturated rings. The fourth-order valence-corrected chi connectivity index (χ4v) is 6.36. The topological polar surface area (TPSA) is 26.3 Å². The number of carbonyl (C=O) groups excluding carboxylic acids is 1. The molecule has 2 nitrogen and oxygen atoms in total. The van der Waals surface area contributed by atoms with Crippen molar-refractivity contribution in [3.63, 3.8) is 0 Å². The van der Waals surface area contributed by atoms with E-state index < -0.39 is 5.60 Å². The summed E-state index contributed by atoms with van der Waals surface area (Å²) in [5.41, 5.74) is 1.47. The Balaban J connectivity index is 1.56. The highest BCUT2D eigenvalue weighted by Gasteiger charge is 2.34. The Bertz CT molecular complexity index is 1030. The Hall–Kier alpha value is -2.78. The van der Waals surface area contributed by atoms with Crippen LogP contribution in [0.5, 0.6) is 0 Å². The normalized spacial score (nSPS) is 16.5. The molecular weight excluding hydrogens is 412 g/mol. The molecule has 164 valence electrons. The van der Waals surface area contributed by atoms with Crippen molar-refractivity contribution >= 4 is 16.9 Å². The second kappa shape index (κ2) is 9.79. The second-order valence-corrected chi connectivity index (χ2v) is 11.0. The molecule has 0 aliphatic heterocycles. The molecule has 1 aliphatic rings. The maximum absolute atomic E-state index is 13.0. The minimum Gasteiger partial charge on any atom is -0.455 e. The van der Waals surface area contributed by atoms with Crippen molar-refractivity contribution in [1.29, 1.82) is 0 Å². The Kier molecular flexibility index (Phi) is 6.86. The first kappa shape index (κ1) is 22.4. The van der Waals surface area contributed by atoms with Crippen molar-refractivity contribution in [2.45, 2.75) is 60.3 Å². The number of hydrogen-bond acceptors (Lipinski definition) is 2.